The summed E-state index contributed by atoms with van der Waals surface area (Å²) in [6.45, 7) is 4.76. The van der Waals surface area contributed by atoms with E-state index in [1.807, 2.05) is 18.2 Å². The van der Waals surface area contributed by atoms with Crippen molar-refractivity contribution in [3.63, 3.8) is 0 Å². The van der Waals surface area contributed by atoms with Crippen molar-refractivity contribution in [2.45, 2.75) is 26.5 Å². The number of aromatic nitrogens is 1. The van der Waals surface area contributed by atoms with Crippen molar-refractivity contribution in [2.24, 2.45) is 0 Å². The van der Waals surface area contributed by atoms with Crippen LogP contribution in [0.25, 0.3) is 10.9 Å². The van der Waals surface area contributed by atoms with Gasteiger partial charge in [-0.1, -0.05) is 6.07 Å². The third kappa shape index (κ3) is 2.72. The van der Waals surface area contributed by atoms with E-state index in [1.165, 1.54) is 0 Å². The number of anilines is 1. The number of rotatable bonds is 4. The van der Waals surface area contributed by atoms with Gasteiger partial charge in [0.2, 0.25) is 0 Å². The molecule has 2 aromatic carbocycles. The predicted octanol–water partition coefficient (Wildman–Crippen LogP) is 4.09. The van der Waals surface area contributed by atoms with Crippen LogP contribution in [-0.4, -0.2) is 9.67 Å². The molecule has 0 amide bonds. The second-order valence-electron chi connectivity index (χ2n) is 5.70. The fraction of sp³-hybridized carbons (Fsp3) is 0.222. The molecule has 0 saturated carbocycles. The second-order valence-corrected chi connectivity index (χ2v) is 5.70. The monoisotopic (exact) mass is 296 g/mol. The van der Waals surface area contributed by atoms with E-state index in [0.717, 1.165) is 28.0 Å². The smallest absolute Gasteiger partial charge is 0.128 e. The quantitative estimate of drug-likeness (QED) is 0.713. The zero-order chi connectivity index (χ0) is 15.7. The molecule has 0 unspecified atom stereocenters. The van der Waals surface area contributed by atoms with Gasteiger partial charge in [-0.15, -0.1) is 0 Å². The van der Waals surface area contributed by atoms with Gasteiger partial charge in [0.25, 0.3) is 0 Å². The lowest BCUT2D eigenvalue weighted by molar-refractivity contribution is 0.292. The van der Waals surface area contributed by atoms with Crippen LogP contribution >= 0.6 is 0 Å². The van der Waals surface area contributed by atoms with Gasteiger partial charge in [-0.3, -0.25) is 0 Å². The number of phenolic OH excluding ortho intramolecular Hbond substituents is 1. The third-order valence-electron chi connectivity index (χ3n) is 3.69. The zero-order valence-corrected chi connectivity index (χ0v) is 12.8. The van der Waals surface area contributed by atoms with Crippen LogP contribution in [0.15, 0.2) is 48.5 Å². The van der Waals surface area contributed by atoms with Gasteiger partial charge < -0.3 is 20.1 Å². The first-order valence-electron chi connectivity index (χ1n) is 7.36. The summed E-state index contributed by atoms with van der Waals surface area (Å²) in [5.74, 6) is 0.969. The highest BCUT2D eigenvalue weighted by Crippen LogP contribution is 2.27. The molecule has 3 N–H and O–H groups in total. The molecular formula is C18H20N2O2. The number of nitrogens with zero attached hydrogens (tertiary/aromatic N) is 1. The van der Waals surface area contributed by atoms with Gasteiger partial charge in [0, 0.05) is 17.1 Å². The summed E-state index contributed by atoms with van der Waals surface area (Å²) in [5, 5.41) is 10.5. The molecule has 0 aliphatic rings. The number of hydrogen-bond acceptors (Lipinski definition) is 3. The summed E-state index contributed by atoms with van der Waals surface area (Å²) in [7, 11) is 0. The molecule has 3 aromatic rings. The Hall–Kier alpha value is -2.62. The van der Waals surface area contributed by atoms with Crippen LogP contribution < -0.4 is 10.5 Å². The summed E-state index contributed by atoms with van der Waals surface area (Å²) in [6, 6.07) is 15.2. The van der Waals surface area contributed by atoms with Crippen molar-refractivity contribution in [1.29, 1.82) is 0 Å². The molecule has 114 valence electrons. The molecule has 0 atom stereocenters. The summed E-state index contributed by atoms with van der Waals surface area (Å²) in [5.41, 5.74) is 8.90. The Labute approximate surface area is 129 Å². The topological polar surface area (TPSA) is 60.4 Å². The predicted molar refractivity (Wildman–Crippen MR) is 89.2 cm³/mol. The lowest BCUT2D eigenvalue weighted by atomic mass is 10.2. The van der Waals surface area contributed by atoms with E-state index in [2.05, 4.69) is 24.5 Å². The van der Waals surface area contributed by atoms with Gasteiger partial charge in [0.1, 0.15) is 18.1 Å². The van der Waals surface area contributed by atoms with E-state index in [9.17, 15) is 5.11 Å². The summed E-state index contributed by atoms with van der Waals surface area (Å²) in [4.78, 5) is 0. The number of benzene rings is 2. The largest absolute Gasteiger partial charge is 0.508 e. The number of nitrogen functional groups attached to an aromatic ring is 1. The molecule has 0 saturated heterocycles. The van der Waals surface area contributed by atoms with E-state index in [-0.39, 0.29) is 5.75 Å². The van der Waals surface area contributed by atoms with Crippen molar-refractivity contribution < 1.29 is 9.84 Å². The van der Waals surface area contributed by atoms with Crippen LogP contribution in [0.1, 0.15) is 25.6 Å². The molecule has 0 spiro atoms. The fourth-order valence-corrected chi connectivity index (χ4v) is 2.72. The van der Waals surface area contributed by atoms with Crippen LogP contribution in [-0.2, 0) is 6.61 Å². The Bertz CT molecular complexity index is 789. The van der Waals surface area contributed by atoms with Gasteiger partial charge in [-0.2, -0.15) is 0 Å². The first-order valence-corrected chi connectivity index (χ1v) is 7.36. The second kappa shape index (κ2) is 5.64. The van der Waals surface area contributed by atoms with Crippen molar-refractivity contribution in [3.8, 4) is 11.5 Å². The lowest BCUT2D eigenvalue weighted by Crippen LogP contribution is -2.08. The van der Waals surface area contributed by atoms with Crippen LogP contribution in [0, 0.1) is 0 Å². The summed E-state index contributed by atoms with van der Waals surface area (Å²) < 4.78 is 8.08. The first-order chi connectivity index (χ1) is 10.5. The number of hydrogen-bond donors (Lipinski definition) is 2. The highest BCUT2D eigenvalue weighted by molar-refractivity contribution is 5.84. The van der Waals surface area contributed by atoms with E-state index in [0.29, 0.717) is 12.6 Å². The van der Waals surface area contributed by atoms with Gasteiger partial charge >= 0.3 is 0 Å². The van der Waals surface area contributed by atoms with E-state index in [1.54, 1.807) is 24.3 Å². The minimum Gasteiger partial charge on any atom is -0.508 e. The van der Waals surface area contributed by atoms with Crippen molar-refractivity contribution in [3.05, 3.63) is 54.2 Å². The number of fused-ring (bicyclic) bond motifs is 1. The van der Waals surface area contributed by atoms with E-state index >= 15 is 0 Å². The van der Waals surface area contributed by atoms with Crippen LogP contribution in [0.3, 0.4) is 0 Å². The third-order valence-corrected chi connectivity index (χ3v) is 3.69. The maximum Gasteiger partial charge on any atom is 0.128 e. The first kappa shape index (κ1) is 14.3. The Balaban J connectivity index is 1.92. The molecule has 1 aromatic heterocycles. The minimum absolute atomic E-state index is 0.235. The van der Waals surface area contributed by atoms with Crippen molar-refractivity contribution >= 4 is 16.6 Å². The SMILES string of the molecule is CC(C)n1c(COc2ccc(O)cc2)cc2ccc(N)cc21. The molecular weight excluding hydrogens is 276 g/mol. The molecule has 1 heterocycles. The average molecular weight is 296 g/mol. The number of nitrogens with two attached hydrogens (primary N) is 1. The number of ether oxygens (including phenoxy) is 1. The highest BCUT2D eigenvalue weighted by atomic mass is 16.5. The normalized spacial score (nSPS) is 11.2. The Morgan fingerprint density at radius 1 is 1.09 bits per heavy atom. The number of aromatic hydroxyl groups is 1. The van der Waals surface area contributed by atoms with Crippen molar-refractivity contribution in [2.75, 3.05) is 5.73 Å². The van der Waals surface area contributed by atoms with Crippen LogP contribution in [0.2, 0.25) is 0 Å². The van der Waals surface area contributed by atoms with Gasteiger partial charge in [0.15, 0.2) is 0 Å². The van der Waals surface area contributed by atoms with E-state index in [4.69, 9.17) is 10.5 Å². The molecule has 0 fully saturated rings. The van der Waals surface area contributed by atoms with Gasteiger partial charge in [-0.25, -0.2) is 0 Å². The molecule has 4 heteroatoms. The Kier molecular flexibility index (Phi) is 3.67. The van der Waals surface area contributed by atoms with E-state index < -0.39 is 0 Å². The molecule has 0 bridgehead atoms. The maximum atomic E-state index is 9.31. The summed E-state index contributed by atoms with van der Waals surface area (Å²) in [6.07, 6.45) is 0. The molecule has 0 aliphatic carbocycles. The Morgan fingerprint density at radius 2 is 1.82 bits per heavy atom. The van der Waals surface area contributed by atoms with Crippen LogP contribution in [0.4, 0.5) is 5.69 Å². The summed E-state index contributed by atoms with van der Waals surface area (Å²) >= 11 is 0. The average Bonchev–Trinajstić information content (AvgIpc) is 2.84. The van der Waals surface area contributed by atoms with Gasteiger partial charge in [-0.05, 0) is 56.3 Å². The van der Waals surface area contributed by atoms with Gasteiger partial charge in [0.05, 0.1) is 11.2 Å². The lowest BCUT2D eigenvalue weighted by Gasteiger charge is -2.15. The zero-order valence-electron chi connectivity index (χ0n) is 12.8. The minimum atomic E-state index is 0.235. The molecule has 22 heavy (non-hydrogen) atoms. The molecule has 0 aliphatic heterocycles. The molecule has 0 radical (unpaired) electrons. The molecule has 3 rings (SSSR count). The Morgan fingerprint density at radius 3 is 2.50 bits per heavy atom. The maximum absolute atomic E-state index is 9.31. The fourth-order valence-electron chi connectivity index (χ4n) is 2.72. The standard InChI is InChI=1S/C18H20N2O2/c1-12(2)20-15(9-13-3-4-14(19)10-18(13)20)11-22-17-7-5-16(21)6-8-17/h3-10,12,21H,11,19H2,1-2H3. The van der Waals surface area contributed by atoms with Crippen LogP contribution in [0.5, 0.6) is 11.5 Å². The number of phenols is 1. The highest BCUT2D eigenvalue weighted by Gasteiger charge is 2.12. The molecule has 4 nitrogen and oxygen atoms in total. The van der Waals surface area contributed by atoms with Crippen molar-refractivity contribution in [1.82, 2.24) is 4.57 Å².